The Balaban J connectivity index is 1.55. The smallest absolute Gasteiger partial charge is 0.230 e. The molecule has 30 heavy (non-hydrogen) atoms. The molecule has 152 valence electrons. The number of amides is 1. The molecule has 1 amide bonds. The Hall–Kier alpha value is -2.76. The first kappa shape index (κ1) is 20.5. The number of aryl methyl sites for hydroxylation is 2. The monoisotopic (exact) mass is 438 g/mol. The number of carbonyl (C=O) groups is 1. The van der Waals surface area contributed by atoms with Crippen LogP contribution in [0.25, 0.3) is 0 Å². The van der Waals surface area contributed by atoms with E-state index in [-0.39, 0.29) is 11.6 Å². The van der Waals surface area contributed by atoms with E-state index in [1.54, 1.807) is 18.2 Å². The van der Waals surface area contributed by atoms with Gasteiger partial charge < -0.3 is 0 Å². The first-order chi connectivity index (χ1) is 14.6. The molecule has 4 rings (SSSR count). The zero-order valence-electron chi connectivity index (χ0n) is 16.4. The van der Waals surface area contributed by atoms with Gasteiger partial charge in [-0.2, -0.15) is 5.26 Å². The van der Waals surface area contributed by atoms with Gasteiger partial charge in [0.2, 0.25) is 5.91 Å². The van der Waals surface area contributed by atoms with Crippen LogP contribution in [0.2, 0.25) is 0 Å². The molecule has 0 bridgehead atoms. The van der Waals surface area contributed by atoms with Crippen molar-refractivity contribution in [3.63, 3.8) is 0 Å². The second-order valence-corrected chi connectivity index (χ2v) is 8.78. The molecule has 0 spiro atoms. The van der Waals surface area contributed by atoms with Crippen molar-refractivity contribution in [1.82, 2.24) is 9.97 Å². The largest absolute Gasteiger partial charge is 0.274 e. The molecule has 0 atom stereocenters. The Morgan fingerprint density at radius 1 is 1.30 bits per heavy atom. The summed E-state index contributed by atoms with van der Waals surface area (Å²) in [6.07, 6.45) is 4.20. The third-order valence-corrected chi connectivity index (χ3v) is 6.78. The normalized spacial score (nSPS) is 12.8. The van der Waals surface area contributed by atoms with E-state index in [0.717, 1.165) is 37.1 Å². The minimum Gasteiger partial charge on any atom is -0.274 e. The van der Waals surface area contributed by atoms with Gasteiger partial charge >= 0.3 is 0 Å². The molecule has 8 heteroatoms. The number of hydrogen-bond acceptors (Lipinski definition) is 6. The van der Waals surface area contributed by atoms with E-state index >= 15 is 0 Å². The van der Waals surface area contributed by atoms with Gasteiger partial charge in [0.15, 0.2) is 5.13 Å². The number of para-hydroxylation sites is 1. The number of aromatic nitrogens is 2. The molecule has 2 heterocycles. The summed E-state index contributed by atoms with van der Waals surface area (Å²) in [4.78, 5) is 22.7. The molecule has 0 unspecified atom stereocenters. The highest BCUT2D eigenvalue weighted by Gasteiger charge is 2.21. The van der Waals surface area contributed by atoms with E-state index in [9.17, 15) is 14.4 Å². The Labute approximate surface area is 182 Å². The number of rotatable bonds is 5. The molecule has 5 nitrogen and oxygen atoms in total. The third kappa shape index (κ3) is 4.23. The second kappa shape index (κ2) is 8.94. The van der Waals surface area contributed by atoms with Gasteiger partial charge in [0.1, 0.15) is 16.9 Å². The maximum absolute atomic E-state index is 14.2. The van der Waals surface area contributed by atoms with Gasteiger partial charge in [-0.25, -0.2) is 14.4 Å². The summed E-state index contributed by atoms with van der Waals surface area (Å²) in [5.41, 5.74) is 3.80. The van der Waals surface area contributed by atoms with E-state index < -0.39 is 5.82 Å². The molecule has 0 aliphatic heterocycles. The Kier molecular flexibility index (Phi) is 6.11. The van der Waals surface area contributed by atoms with Crippen molar-refractivity contribution in [3.05, 3.63) is 64.0 Å². The van der Waals surface area contributed by atoms with Gasteiger partial charge in [0, 0.05) is 23.8 Å². The molecular formula is C22H19FN4OS2. The van der Waals surface area contributed by atoms with Gasteiger partial charge in [0.25, 0.3) is 0 Å². The highest BCUT2D eigenvalue weighted by Crippen LogP contribution is 2.33. The average molecular weight is 439 g/mol. The van der Waals surface area contributed by atoms with Gasteiger partial charge in [0.05, 0.1) is 16.9 Å². The number of carbonyl (C=O) groups excluding carboxylic acids is 1. The van der Waals surface area contributed by atoms with Crippen LogP contribution >= 0.6 is 23.1 Å². The summed E-state index contributed by atoms with van der Waals surface area (Å²) >= 11 is 2.75. The van der Waals surface area contributed by atoms with Crippen molar-refractivity contribution in [3.8, 4) is 6.07 Å². The quantitative estimate of drug-likeness (QED) is 0.499. The zero-order chi connectivity index (χ0) is 21.1. The highest BCUT2D eigenvalue weighted by molar-refractivity contribution is 7.98. The summed E-state index contributed by atoms with van der Waals surface area (Å²) in [5.74, 6) is -0.271. The molecule has 0 saturated heterocycles. The van der Waals surface area contributed by atoms with Crippen molar-refractivity contribution < 1.29 is 9.18 Å². The van der Waals surface area contributed by atoms with Crippen molar-refractivity contribution >= 4 is 39.8 Å². The fourth-order valence-electron chi connectivity index (χ4n) is 3.45. The lowest BCUT2D eigenvalue weighted by atomic mass is 9.95. The summed E-state index contributed by atoms with van der Waals surface area (Å²) in [7, 11) is 0. The fourth-order valence-corrected chi connectivity index (χ4v) is 5.31. The number of nitrogens with zero attached hydrogens (tertiary/aromatic N) is 4. The number of nitriles is 1. The molecule has 2 aromatic heterocycles. The predicted octanol–water partition coefficient (Wildman–Crippen LogP) is 5.40. The van der Waals surface area contributed by atoms with Gasteiger partial charge in [-0.1, -0.05) is 23.9 Å². The van der Waals surface area contributed by atoms with Crippen LogP contribution in [0.15, 0.2) is 40.7 Å². The number of anilines is 2. The van der Waals surface area contributed by atoms with Crippen LogP contribution in [0.1, 0.15) is 42.3 Å². The van der Waals surface area contributed by atoms with E-state index in [0.29, 0.717) is 21.5 Å². The Morgan fingerprint density at radius 2 is 2.10 bits per heavy atom. The lowest BCUT2D eigenvalue weighted by Crippen LogP contribution is -2.23. The van der Waals surface area contributed by atoms with Crippen molar-refractivity contribution in [2.75, 3.05) is 4.90 Å². The van der Waals surface area contributed by atoms with Gasteiger partial charge in [-0.05, 0) is 49.4 Å². The van der Waals surface area contributed by atoms with Crippen LogP contribution in [0.5, 0.6) is 0 Å². The van der Waals surface area contributed by atoms with Crippen LogP contribution in [-0.4, -0.2) is 15.9 Å². The molecule has 1 aliphatic carbocycles. The SMILES string of the molecule is CC(=O)N(c1nc(CSc2nc3c(cc2C#N)CCCC3)cs1)c1ccccc1F. The van der Waals surface area contributed by atoms with E-state index in [4.69, 9.17) is 4.98 Å². The summed E-state index contributed by atoms with van der Waals surface area (Å²) in [6.45, 7) is 1.39. The number of benzene rings is 1. The summed E-state index contributed by atoms with van der Waals surface area (Å²) < 4.78 is 14.2. The highest BCUT2D eigenvalue weighted by atomic mass is 32.2. The first-order valence-electron chi connectivity index (χ1n) is 9.62. The van der Waals surface area contributed by atoms with Crippen molar-refractivity contribution in [2.24, 2.45) is 0 Å². The minimum atomic E-state index is -0.476. The minimum absolute atomic E-state index is 0.182. The van der Waals surface area contributed by atoms with Crippen LogP contribution in [0.3, 0.4) is 0 Å². The zero-order valence-corrected chi connectivity index (χ0v) is 18.0. The number of pyridine rings is 1. The lowest BCUT2D eigenvalue weighted by molar-refractivity contribution is -0.115. The molecule has 3 aromatic rings. The van der Waals surface area contributed by atoms with E-state index in [1.165, 1.54) is 46.6 Å². The fraction of sp³-hybridized carbons (Fsp3) is 0.273. The van der Waals surface area contributed by atoms with Crippen LogP contribution in [-0.2, 0) is 23.4 Å². The van der Waals surface area contributed by atoms with Crippen molar-refractivity contribution in [1.29, 1.82) is 5.26 Å². The maximum atomic E-state index is 14.2. The predicted molar refractivity (Wildman–Crippen MR) is 116 cm³/mol. The number of fused-ring (bicyclic) bond motifs is 1. The number of hydrogen-bond donors (Lipinski definition) is 0. The molecule has 0 fully saturated rings. The summed E-state index contributed by atoms with van der Waals surface area (Å²) in [5, 5.41) is 12.5. The average Bonchev–Trinajstić information content (AvgIpc) is 3.21. The molecule has 1 aliphatic rings. The van der Waals surface area contributed by atoms with Gasteiger partial charge in [-0.15, -0.1) is 11.3 Å². The van der Waals surface area contributed by atoms with Gasteiger partial charge in [-0.3, -0.25) is 9.69 Å². The molecule has 1 aromatic carbocycles. The molecule has 0 radical (unpaired) electrons. The molecule has 0 N–H and O–H groups in total. The van der Waals surface area contributed by atoms with Crippen LogP contribution < -0.4 is 4.90 Å². The van der Waals surface area contributed by atoms with Crippen LogP contribution in [0, 0.1) is 17.1 Å². The van der Waals surface area contributed by atoms with Crippen LogP contribution in [0.4, 0.5) is 15.2 Å². The second-order valence-electron chi connectivity index (χ2n) is 6.98. The molecular weight excluding hydrogens is 419 g/mol. The van der Waals surface area contributed by atoms with E-state index in [2.05, 4.69) is 11.1 Å². The maximum Gasteiger partial charge on any atom is 0.230 e. The molecule has 0 saturated carbocycles. The third-order valence-electron chi connectivity index (χ3n) is 4.88. The first-order valence-corrected chi connectivity index (χ1v) is 11.5. The van der Waals surface area contributed by atoms with E-state index in [1.807, 2.05) is 11.4 Å². The Morgan fingerprint density at radius 3 is 2.87 bits per heavy atom. The number of halogens is 1. The standard InChI is InChI=1S/C22H19FN4OS2/c1-14(28)27(20-9-5-3-7-18(20)23)22-25-17(13-30-22)12-29-21-16(11-24)10-15-6-2-4-8-19(15)26-21/h3,5,7,9-10,13H,2,4,6,8,12H2,1H3. The topological polar surface area (TPSA) is 69.9 Å². The number of thiazole rings is 1. The Bertz CT molecular complexity index is 1140. The lowest BCUT2D eigenvalue weighted by Gasteiger charge is -2.18. The summed E-state index contributed by atoms with van der Waals surface area (Å²) in [6, 6.07) is 10.4. The number of thioether (sulfide) groups is 1. The van der Waals surface area contributed by atoms with Crippen molar-refractivity contribution in [2.45, 2.75) is 43.4 Å².